The van der Waals surface area contributed by atoms with Gasteiger partial charge in [-0.3, -0.25) is 13.9 Å². The molecule has 3 aromatic rings. The van der Waals surface area contributed by atoms with Gasteiger partial charge in [-0.25, -0.2) is 8.42 Å². The van der Waals surface area contributed by atoms with E-state index in [9.17, 15) is 18.0 Å². The summed E-state index contributed by atoms with van der Waals surface area (Å²) in [5, 5.41) is 2.96. The summed E-state index contributed by atoms with van der Waals surface area (Å²) in [4.78, 5) is 29.0. The highest BCUT2D eigenvalue weighted by Crippen LogP contribution is 2.32. The smallest absolute Gasteiger partial charge is 0.264 e. The van der Waals surface area contributed by atoms with Gasteiger partial charge in [0, 0.05) is 18.2 Å². The van der Waals surface area contributed by atoms with Gasteiger partial charge < -0.3 is 24.4 Å². The molecule has 0 saturated heterocycles. The summed E-state index contributed by atoms with van der Waals surface area (Å²) in [5.74, 6) is 0.308. The summed E-state index contributed by atoms with van der Waals surface area (Å²) in [6, 6.07) is 18.9. The fourth-order valence-corrected chi connectivity index (χ4v) is 6.00. The van der Waals surface area contributed by atoms with Gasteiger partial charge >= 0.3 is 0 Å². The number of carbonyl (C=O) groups excluding carboxylic acids is 2. The summed E-state index contributed by atoms with van der Waals surface area (Å²) in [6.07, 6.45) is 0.311. The topological polar surface area (TPSA) is 114 Å². The van der Waals surface area contributed by atoms with Crippen LogP contribution in [-0.2, 0) is 26.2 Å². The largest absolute Gasteiger partial charge is 0.497 e. The highest BCUT2D eigenvalue weighted by Gasteiger charge is 2.35. The van der Waals surface area contributed by atoms with Crippen LogP contribution >= 0.6 is 0 Å². The number of hydrogen-bond acceptors (Lipinski definition) is 7. The number of hydrogen-bond donors (Lipinski definition) is 1. The van der Waals surface area contributed by atoms with Crippen molar-refractivity contribution in [1.82, 2.24) is 10.2 Å². The van der Waals surface area contributed by atoms with E-state index in [2.05, 4.69) is 5.32 Å². The normalized spacial score (nSPS) is 12.2. The molecule has 0 heterocycles. The maximum absolute atomic E-state index is 14.2. The first-order valence-electron chi connectivity index (χ1n) is 13.9. The summed E-state index contributed by atoms with van der Waals surface area (Å²) < 4.78 is 45.3. The summed E-state index contributed by atoms with van der Waals surface area (Å²) in [7, 11) is 0.140. The van der Waals surface area contributed by atoms with E-state index >= 15 is 0 Å². The third kappa shape index (κ3) is 8.41. The molecule has 0 aliphatic heterocycles. The van der Waals surface area contributed by atoms with E-state index in [1.54, 1.807) is 55.6 Å². The van der Waals surface area contributed by atoms with E-state index < -0.39 is 34.1 Å². The van der Waals surface area contributed by atoms with Crippen LogP contribution in [0, 0.1) is 0 Å². The van der Waals surface area contributed by atoms with Crippen LogP contribution in [0.1, 0.15) is 39.7 Å². The monoisotopic (exact) mass is 611 g/mol. The minimum Gasteiger partial charge on any atom is -0.497 e. The Balaban J connectivity index is 2.09. The summed E-state index contributed by atoms with van der Waals surface area (Å²) in [5.41, 5.74) is 0.477. The van der Waals surface area contributed by atoms with Crippen molar-refractivity contribution in [3.05, 3.63) is 78.4 Å². The molecule has 0 bridgehead atoms. The summed E-state index contributed by atoms with van der Waals surface area (Å²) >= 11 is 0. The van der Waals surface area contributed by atoms with Crippen LogP contribution in [0.3, 0.4) is 0 Å². The highest BCUT2D eigenvalue weighted by atomic mass is 32.2. The number of carbonyl (C=O) groups is 2. The lowest BCUT2D eigenvalue weighted by Crippen LogP contribution is -2.55. The van der Waals surface area contributed by atoms with E-state index in [0.717, 1.165) is 9.87 Å². The zero-order valence-electron chi connectivity index (χ0n) is 25.8. The first-order chi connectivity index (χ1) is 20.3. The first kappa shape index (κ1) is 33.3. The van der Waals surface area contributed by atoms with E-state index in [1.807, 2.05) is 33.8 Å². The van der Waals surface area contributed by atoms with Crippen molar-refractivity contribution in [3.8, 4) is 17.2 Å². The second-order valence-electron chi connectivity index (χ2n) is 10.9. The number of nitrogens with zero attached hydrogens (tertiary/aromatic N) is 2. The molecule has 232 valence electrons. The zero-order valence-corrected chi connectivity index (χ0v) is 26.6. The van der Waals surface area contributed by atoms with Gasteiger partial charge in [0.1, 0.15) is 18.3 Å². The van der Waals surface area contributed by atoms with Crippen molar-refractivity contribution in [2.45, 2.75) is 57.1 Å². The van der Waals surface area contributed by atoms with E-state index in [1.165, 1.54) is 37.3 Å². The molecule has 1 atom stereocenters. The minimum absolute atomic E-state index is 0.0607. The van der Waals surface area contributed by atoms with E-state index in [4.69, 9.17) is 14.2 Å². The van der Waals surface area contributed by atoms with Crippen LogP contribution in [0.2, 0.25) is 0 Å². The predicted octanol–water partition coefficient (Wildman–Crippen LogP) is 4.63. The SMILES string of the molecule is CCC(C(=O)NC(C)(C)C)N(Cc1cccc(OC)c1)C(=O)CN(c1ccccc1)S(=O)(=O)c1ccc(OC)c(OC)c1. The molecule has 0 fully saturated rings. The number of nitrogens with one attached hydrogen (secondary N) is 1. The molecule has 11 heteroatoms. The number of methoxy groups -OCH3 is 3. The molecule has 0 saturated carbocycles. The number of rotatable bonds is 13. The Morgan fingerprint density at radius 2 is 1.53 bits per heavy atom. The molecular weight excluding hydrogens is 570 g/mol. The molecule has 10 nitrogen and oxygen atoms in total. The number of amides is 2. The van der Waals surface area contributed by atoms with Gasteiger partial charge in [-0.2, -0.15) is 0 Å². The molecule has 43 heavy (non-hydrogen) atoms. The number of benzene rings is 3. The average Bonchev–Trinajstić information content (AvgIpc) is 2.98. The van der Waals surface area contributed by atoms with Gasteiger partial charge in [-0.15, -0.1) is 0 Å². The number of para-hydroxylation sites is 1. The molecule has 0 aromatic heterocycles. The molecular formula is C32H41N3O7S. The predicted molar refractivity (Wildman–Crippen MR) is 166 cm³/mol. The quantitative estimate of drug-likeness (QED) is 0.300. The zero-order chi connectivity index (χ0) is 31.8. The number of sulfonamides is 1. The molecule has 3 aromatic carbocycles. The Labute approximate surface area is 254 Å². The lowest BCUT2D eigenvalue weighted by molar-refractivity contribution is -0.141. The molecule has 0 radical (unpaired) electrons. The van der Waals surface area contributed by atoms with Crippen molar-refractivity contribution >= 4 is 27.5 Å². The van der Waals surface area contributed by atoms with Gasteiger partial charge in [-0.05, 0) is 69.2 Å². The second kappa shape index (κ2) is 14.3. The Morgan fingerprint density at radius 3 is 2.12 bits per heavy atom. The molecule has 3 rings (SSSR count). The van der Waals surface area contributed by atoms with Crippen molar-refractivity contribution in [2.75, 3.05) is 32.2 Å². The van der Waals surface area contributed by atoms with Gasteiger partial charge in [0.2, 0.25) is 11.8 Å². The van der Waals surface area contributed by atoms with Crippen molar-refractivity contribution < 1.29 is 32.2 Å². The van der Waals surface area contributed by atoms with Crippen molar-refractivity contribution in [2.24, 2.45) is 0 Å². The standard InChI is InChI=1S/C32H41N3O7S/c1-8-27(31(37)33-32(2,3)4)34(21-23-13-12-16-25(19-23)40-5)30(36)22-35(24-14-10-9-11-15-24)43(38,39)26-17-18-28(41-6)29(20-26)42-7/h9-20,27H,8,21-22H2,1-7H3,(H,33,37). The van der Waals surface area contributed by atoms with Gasteiger partial charge in [0.15, 0.2) is 11.5 Å². The maximum atomic E-state index is 14.2. The summed E-state index contributed by atoms with van der Waals surface area (Å²) in [6.45, 7) is 6.90. The average molecular weight is 612 g/mol. The lowest BCUT2D eigenvalue weighted by Gasteiger charge is -2.34. The van der Waals surface area contributed by atoms with Gasteiger partial charge in [0.05, 0.1) is 31.9 Å². The van der Waals surface area contributed by atoms with Crippen LogP contribution in [0.15, 0.2) is 77.7 Å². The Kier molecular flexibility index (Phi) is 11.0. The van der Waals surface area contributed by atoms with E-state index in [-0.39, 0.29) is 23.1 Å². The highest BCUT2D eigenvalue weighted by molar-refractivity contribution is 7.92. The molecule has 2 amide bonds. The molecule has 0 spiro atoms. The van der Waals surface area contributed by atoms with Crippen LogP contribution in [0.25, 0.3) is 0 Å². The number of anilines is 1. The van der Waals surface area contributed by atoms with Gasteiger partial charge in [0.25, 0.3) is 10.0 Å². The number of ether oxygens (including phenoxy) is 3. The third-order valence-electron chi connectivity index (χ3n) is 6.64. The maximum Gasteiger partial charge on any atom is 0.264 e. The molecule has 1 N–H and O–H groups in total. The Morgan fingerprint density at radius 1 is 0.860 bits per heavy atom. The molecule has 0 aliphatic carbocycles. The van der Waals surface area contributed by atoms with Gasteiger partial charge in [-0.1, -0.05) is 37.3 Å². The van der Waals surface area contributed by atoms with Crippen LogP contribution in [0.4, 0.5) is 5.69 Å². The minimum atomic E-state index is -4.28. The molecule has 1 unspecified atom stereocenters. The first-order valence-corrected chi connectivity index (χ1v) is 15.3. The fraction of sp³-hybridized carbons (Fsp3) is 0.375. The second-order valence-corrected chi connectivity index (χ2v) is 12.8. The van der Waals surface area contributed by atoms with Crippen LogP contribution in [-0.4, -0.2) is 64.6 Å². The lowest BCUT2D eigenvalue weighted by atomic mass is 10.1. The fourth-order valence-electron chi connectivity index (χ4n) is 4.57. The van der Waals surface area contributed by atoms with Crippen LogP contribution in [0.5, 0.6) is 17.2 Å². The Bertz CT molecular complexity index is 1500. The van der Waals surface area contributed by atoms with Crippen LogP contribution < -0.4 is 23.8 Å². The third-order valence-corrected chi connectivity index (χ3v) is 8.41. The van der Waals surface area contributed by atoms with E-state index in [0.29, 0.717) is 23.6 Å². The molecule has 0 aliphatic rings. The van der Waals surface area contributed by atoms with Crippen molar-refractivity contribution in [1.29, 1.82) is 0 Å². The Hall–Kier alpha value is -4.25. The van der Waals surface area contributed by atoms with Crippen molar-refractivity contribution in [3.63, 3.8) is 0 Å².